The van der Waals surface area contributed by atoms with Crippen LogP contribution in [0.1, 0.15) is 67.3 Å². The van der Waals surface area contributed by atoms with E-state index in [2.05, 4.69) is 17.4 Å². The standard InChI is InChI=1S/C19H29BN2O3.ClH/c21-13-1-2-17(20(24)25)22-18(23)15-3-5-16(6-4-15)19-10-7-14(8-11-19)9-12-19;/h3-6,14,17,24-25H,1-2,7-13,21H2,(H,22,23);1H/t14?,17-,19?;/m0./s1. The van der Waals surface area contributed by atoms with Gasteiger partial charge in [0.1, 0.15) is 0 Å². The second kappa shape index (κ2) is 9.22. The lowest BCUT2D eigenvalue weighted by atomic mass is 9.58. The first kappa shape index (κ1) is 21.2. The van der Waals surface area contributed by atoms with Crippen LogP contribution < -0.4 is 11.1 Å². The summed E-state index contributed by atoms with van der Waals surface area (Å²) in [7, 11) is -1.58. The number of hydrogen-bond donors (Lipinski definition) is 4. The lowest BCUT2D eigenvalue weighted by Crippen LogP contribution is -2.46. The number of halogens is 1. The van der Waals surface area contributed by atoms with Crippen molar-refractivity contribution in [2.24, 2.45) is 11.7 Å². The monoisotopic (exact) mass is 380 g/mol. The highest BCUT2D eigenvalue weighted by Crippen LogP contribution is 2.51. The van der Waals surface area contributed by atoms with Gasteiger partial charge in [0.25, 0.3) is 5.91 Å². The minimum absolute atomic E-state index is 0. The first-order valence-electron chi connectivity index (χ1n) is 9.52. The van der Waals surface area contributed by atoms with Crippen molar-refractivity contribution in [3.63, 3.8) is 0 Å². The average Bonchev–Trinajstić information content (AvgIpc) is 2.66. The Labute approximate surface area is 162 Å². The molecule has 144 valence electrons. The van der Waals surface area contributed by atoms with E-state index >= 15 is 0 Å². The lowest BCUT2D eigenvalue weighted by Gasteiger charge is -2.47. The molecule has 0 heterocycles. The molecule has 0 unspecified atom stereocenters. The molecular weight excluding hydrogens is 350 g/mol. The van der Waals surface area contributed by atoms with E-state index < -0.39 is 13.1 Å². The van der Waals surface area contributed by atoms with Crippen LogP contribution in [-0.2, 0) is 5.41 Å². The molecule has 4 rings (SSSR count). The van der Waals surface area contributed by atoms with Gasteiger partial charge in [-0.05, 0) is 86.9 Å². The summed E-state index contributed by atoms with van der Waals surface area (Å²) in [6.45, 7) is 0.455. The Hall–Kier alpha value is -1.08. The van der Waals surface area contributed by atoms with Gasteiger partial charge in [-0.25, -0.2) is 0 Å². The van der Waals surface area contributed by atoms with Gasteiger partial charge in [-0.15, -0.1) is 12.4 Å². The number of amides is 1. The van der Waals surface area contributed by atoms with Gasteiger partial charge in [0.2, 0.25) is 0 Å². The highest BCUT2D eigenvalue weighted by Gasteiger charge is 2.41. The molecular formula is C19H30BClN2O3. The van der Waals surface area contributed by atoms with Gasteiger partial charge in [0.05, 0.1) is 5.94 Å². The fourth-order valence-electron chi connectivity index (χ4n) is 4.54. The van der Waals surface area contributed by atoms with E-state index in [1.54, 1.807) is 0 Å². The summed E-state index contributed by atoms with van der Waals surface area (Å²) in [6, 6.07) is 7.91. The minimum atomic E-state index is -1.58. The van der Waals surface area contributed by atoms with Gasteiger partial charge >= 0.3 is 7.12 Å². The second-order valence-corrected chi connectivity index (χ2v) is 7.76. The number of rotatable bonds is 7. The van der Waals surface area contributed by atoms with E-state index in [9.17, 15) is 14.8 Å². The molecule has 1 atom stereocenters. The van der Waals surface area contributed by atoms with Gasteiger partial charge in [0, 0.05) is 5.56 Å². The molecule has 7 heteroatoms. The molecule has 5 N–H and O–H groups in total. The van der Waals surface area contributed by atoms with Crippen LogP contribution in [0, 0.1) is 5.92 Å². The van der Waals surface area contributed by atoms with Gasteiger partial charge in [-0.2, -0.15) is 0 Å². The third kappa shape index (κ3) is 4.60. The molecule has 3 fully saturated rings. The van der Waals surface area contributed by atoms with Crippen LogP contribution in [0.2, 0.25) is 0 Å². The van der Waals surface area contributed by atoms with Gasteiger partial charge in [-0.3, -0.25) is 4.79 Å². The number of nitrogens with two attached hydrogens (primary N) is 1. The third-order valence-corrected chi connectivity index (χ3v) is 6.25. The summed E-state index contributed by atoms with van der Waals surface area (Å²) in [6.07, 6.45) is 8.87. The van der Waals surface area contributed by atoms with E-state index in [1.165, 1.54) is 44.1 Å². The molecule has 0 aliphatic heterocycles. The van der Waals surface area contributed by atoms with Crippen LogP contribution in [0.15, 0.2) is 24.3 Å². The number of nitrogens with one attached hydrogen (secondary N) is 1. The zero-order valence-corrected chi connectivity index (χ0v) is 16.0. The number of benzene rings is 1. The van der Waals surface area contributed by atoms with Gasteiger partial charge in [0.15, 0.2) is 0 Å². The molecule has 5 nitrogen and oxygen atoms in total. The molecule has 3 saturated carbocycles. The topological polar surface area (TPSA) is 95.6 Å². The van der Waals surface area contributed by atoms with Crippen molar-refractivity contribution < 1.29 is 14.8 Å². The molecule has 0 saturated heterocycles. The first-order valence-corrected chi connectivity index (χ1v) is 9.52. The average molecular weight is 381 g/mol. The molecule has 26 heavy (non-hydrogen) atoms. The largest absolute Gasteiger partial charge is 0.475 e. The molecule has 1 amide bonds. The lowest BCUT2D eigenvalue weighted by molar-refractivity contribution is 0.0940. The number of carbonyl (C=O) groups is 1. The van der Waals surface area contributed by atoms with Crippen LogP contribution in [-0.4, -0.2) is 35.6 Å². The molecule has 3 aliphatic rings. The van der Waals surface area contributed by atoms with Crippen LogP contribution in [0.5, 0.6) is 0 Å². The number of fused-ring (bicyclic) bond motifs is 3. The van der Waals surface area contributed by atoms with Crippen molar-refractivity contribution in [2.45, 2.75) is 62.7 Å². The Morgan fingerprint density at radius 2 is 1.77 bits per heavy atom. The molecule has 1 aromatic rings. The Bertz CT molecular complexity index is 575. The maximum Gasteiger partial charge on any atom is 0.475 e. The third-order valence-electron chi connectivity index (χ3n) is 6.25. The van der Waals surface area contributed by atoms with Crippen LogP contribution >= 0.6 is 12.4 Å². The quantitative estimate of drug-likeness (QED) is 0.545. The molecule has 0 spiro atoms. The van der Waals surface area contributed by atoms with Crippen molar-refractivity contribution in [3.8, 4) is 0 Å². The van der Waals surface area contributed by atoms with Crippen molar-refractivity contribution in [1.82, 2.24) is 5.32 Å². The van der Waals surface area contributed by atoms with E-state index in [1.807, 2.05) is 12.1 Å². The van der Waals surface area contributed by atoms with E-state index in [-0.39, 0.29) is 18.3 Å². The zero-order chi connectivity index (χ0) is 17.9. The fourth-order valence-corrected chi connectivity index (χ4v) is 4.54. The second-order valence-electron chi connectivity index (χ2n) is 7.76. The van der Waals surface area contributed by atoms with Crippen LogP contribution in [0.25, 0.3) is 0 Å². The number of carbonyl (C=O) groups excluding carboxylic acids is 1. The van der Waals surface area contributed by atoms with E-state index in [4.69, 9.17) is 5.73 Å². The molecule has 0 aromatic heterocycles. The minimum Gasteiger partial charge on any atom is -0.426 e. The maximum absolute atomic E-state index is 12.4. The van der Waals surface area contributed by atoms with E-state index in [0.717, 1.165) is 5.92 Å². The molecule has 1 aromatic carbocycles. The summed E-state index contributed by atoms with van der Waals surface area (Å²) < 4.78 is 0. The Morgan fingerprint density at radius 3 is 2.27 bits per heavy atom. The predicted octanol–water partition coefficient (Wildman–Crippen LogP) is 2.18. The predicted molar refractivity (Wildman–Crippen MR) is 106 cm³/mol. The normalized spacial score (nSPS) is 25.3. The summed E-state index contributed by atoms with van der Waals surface area (Å²) in [5.74, 6) is -0.0308. The maximum atomic E-state index is 12.4. The Kier molecular flexibility index (Phi) is 7.53. The smallest absolute Gasteiger partial charge is 0.426 e. The summed E-state index contributed by atoms with van der Waals surface area (Å²) in [5, 5.41) is 21.5. The van der Waals surface area contributed by atoms with Crippen molar-refractivity contribution in [2.75, 3.05) is 6.54 Å². The van der Waals surface area contributed by atoms with Crippen molar-refractivity contribution in [1.29, 1.82) is 0 Å². The SMILES string of the molecule is Cl.NCCC[C@H](NC(=O)c1ccc(C23CCC(CC2)CC3)cc1)B(O)O. The zero-order valence-electron chi connectivity index (χ0n) is 15.2. The van der Waals surface area contributed by atoms with Gasteiger partial charge < -0.3 is 21.1 Å². The van der Waals surface area contributed by atoms with Crippen LogP contribution in [0.4, 0.5) is 0 Å². The van der Waals surface area contributed by atoms with Crippen molar-refractivity contribution >= 4 is 25.4 Å². The Morgan fingerprint density at radius 1 is 1.19 bits per heavy atom. The summed E-state index contributed by atoms with van der Waals surface area (Å²) in [4.78, 5) is 12.4. The highest BCUT2D eigenvalue weighted by atomic mass is 35.5. The first-order chi connectivity index (χ1) is 12.0. The van der Waals surface area contributed by atoms with Gasteiger partial charge in [-0.1, -0.05) is 12.1 Å². The molecule has 3 aliphatic carbocycles. The molecule has 2 bridgehead atoms. The summed E-state index contributed by atoms with van der Waals surface area (Å²) >= 11 is 0. The van der Waals surface area contributed by atoms with E-state index in [0.29, 0.717) is 30.4 Å². The summed E-state index contributed by atoms with van der Waals surface area (Å²) in [5.41, 5.74) is 7.68. The van der Waals surface area contributed by atoms with Crippen molar-refractivity contribution in [3.05, 3.63) is 35.4 Å². The van der Waals surface area contributed by atoms with Crippen LogP contribution in [0.3, 0.4) is 0 Å². The fraction of sp³-hybridized carbons (Fsp3) is 0.632. The molecule has 0 radical (unpaired) electrons. The Balaban J connectivity index is 0.00000243. The highest BCUT2D eigenvalue weighted by molar-refractivity contribution is 6.43. The number of hydrogen-bond acceptors (Lipinski definition) is 4.